The van der Waals surface area contributed by atoms with Gasteiger partial charge in [-0.2, -0.15) is 0 Å². The molecule has 0 saturated heterocycles. The van der Waals surface area contributed by atoms with E-state index < -0.39 is 0 Å². The largest absolute Gasteiger partial charge is 0.134 e. The maximum Gasteiger partial charge on any atom is 0.0434 e. The van der Waals surface area contributed by atoms with Crippen LogP contribution in [0, 0.1) is 0 Å². The van der Waals surface area contributed by atoms with Crippen molar-refractivity contribution >= 4 is 22.1 Å². The lowest BCUT2D eigenvalue weighted by atomic mass is 9.90. The normalized spacial score (nSPS) is 11.0. The topological polar surface area (TPSA) is 0 Å². The molecule has 6 rings (SSSR count). The van der Waals surface area contributed by atoms with Crippen LogP contribution in [-0.2, 0) is 0 Å². The third kappa shape index (κ3) is 3.57. The molecule has 156 valence electrons. The zero-order valence-electron chi connectivity index (χ0n) is 18.1. The molecule has 0 aliphatic rings. The molecule has 0 bridgehead atoms. The number of rotatable bonds is 4. The van der Waals surface area contributed by atoms with Crippen molar-refractivity contribution in [2.45, 2.75) is 0 Å². The Morgan fingerprint density at radius 2 is 0.606 bits per heavy atom. The van der Waals surface area contributed by atoms with Gasteiger partial charge in [0.2, 0.25) is 0 Å². The van der Waals surface area contributed by atoms with Crippen LogP contribution in [0.25, 0.3) is 53.9 Å². The third-order valence-corrected chi connectivity index (χ3v) is 7.39. The van der Waals surface area contributed by atoms with Gasteiger partial charge in [0.05, 0.1) is 0 Å². The van der Waals surface area contributed by atoms with Crippen LogP contribution in [0.1, 0.15) is 0 Å². The summed E-state index contributed by atoms with van der Waals surface area (Å²) >= 11 is 1.90. The average Bonchev–Trinajstić information content (AvgIpc) is 3.31. The minimum absolute atomic E-state index is 1.25. The van der Waals surface area contributed by atoms with Crippen LogP contribution in [0.5, 0.6) is 0 Å². The summed E-state index contributed by atoms with van der Waals surface area (Å²) in [6, 6.07) is 47.7. The van der Waals surface area contributed by atoms with Crippen molar-refractivity contribution in [1.29, 1.82) is 0 Å². The first kappa shape index (κ1) is 19.7. The summed E-state index contributed by atoms with van der Waals surface area (Å²) in [5.41, 5.74) is 7.58. The zero-order valence-corrected chi connectivity index (χ0v) is 18.9. The molecule has 6 aromatic rings. The molecular formula is C32H22S. The van der Waals surface area contributed by atoms with Crippen molar-refractivity contribution in [1.82, 2.24) is 0 Å². The molecule has 0 radical (unpaired) electrons. The maximum atomic E-state index is 2.30. The predicted octanol–water partition coefficient (Wildman–Crippen LogP) is 9.57. The summed E-state index contributed by atoms with van der Waals surface area (Å²) in [4.78, 5) is 2.64. The highest BCUT2D eigenvalue weighted by molar-refractivity contribution is 7.21. The molecule has 0 N–H and O–H groups in total. The van der Waals surface area contributed by atoms with Crippen LogP contribution < -0.4 is 0 Å². The van der Waals surface area contributed by atoms with E-state index >= 15 is 0 Å². The fraction of sp³-hybridized carbons (Fsp3) is 0. The Kier molecular flexibility index (Phi) is 5.10. The lowest BCUT2D eigenvalue weighted by Crippen LogP contribution is -1.86. The Hall–Kier alpha value is -3.94. The number of hydrogen-bond acceptors (Lipinski definition) is 1. The highest BCUT2D eigenvalue weighted by Crippen LogP contribution is 2.50. The summed E-state index contributed by atoms with van der Waals surface area (Å²) in [5, 5.41) is 2.66. The highest BCUT2D eigenvalue weighted by Gasteiger charge is 2.21. The SMILES string of the molecule is c1ccc(-c2ccc(-c3ccccc3)c3c(-c4ccccc4)sc(-c4ccccc4)c23)cc1. The quantitative estimate of drug-likeness (QED) is 0.257. The molecular weight excluding hydrogens is 416 g/mol. The molecule has 0 aliphatic carbocycles. The monoisotopic (exact) mass is 438 g/mol. The summed E-state index contributed by atoms with van der Waals surface area (Å²) in [6.07, 6.45) is 0. The number of thiophene rings is 1. The maximum absolute atomic E-state index is 2.30. The van der Waals surface area contributed by atoms with Gasteiger partial charge in [-0.3, -0.25) is 0 Å². The van der Waals surface area contributed by atoms with Crippen LogP contribution in [0.15, 0.2) is 133 Å². The molecule has 0 saturated carbocycles. The highest BCUT2D eigenvalue weighted by atomic mass is 32.1. The van der Waals surface area contributed by atoms with Gasteiger partial charge in [0.15, 0.2) is 0 Å². The second-order valence-electron chi connectivity index (χ2n) is 8.14. The minimum Gasteiger partial charge on any atom is -0.134 e. The molecule has 33 heavy (non-hydrogen) atoms. The molecule has 5 aromatic carbocycles. The van der Waals surface area contributed by atoms with E-state index in [4.69, 9.17) is 0 Å². The molecule has 0 atom stereocenters. The Labute approximate surface area is 198 Å². The number of benzene rings is 5. The van der Waals surface area contributed by atoms with Gasteiger partial charge < -0.3 is 0 Å². The van der Waals surface area contributed by atoms with Crippen molar-refractivity contribution in [3.63, 3.8) is 0 Å². The van der Waals surface area contributed by atoms with E-state index in [-0.39, 0.29) is 0 Å². The summed E-state index contributed by atoms with van der Waals surface area (Å²) in [5.74, 6) is 0. The molecule has 1 heterocycles. The molecule has 0 amide bonds. The van der Waals surface area contributed by atoms with Crippen LogP contribution in [0.4, 0.5) is 0 Å². The molecule has 0 aliphatic heterocycles. The van der Waals surface area contributed by atoms with Crippen LogP contribution in [0.2, 0.25) is 0 Å². The lowest BCUT2D eigenvalue weighted by molar-refractivity contribution is 1.63. The third-order valence-electron chi connectivity index (χ3n) is 6.11. The van der Waals surface area contributed by atoms with E-state index in [9.17, 15) is 0 Å². The van der Waals surface area contributed by atoms with E-state index in [2.05, 4.69) is 133 Å². The molecule has 0 fully saturated rings. The van der Waals surface area contributed by atoms with E-state index in [0.29, 0.717) is 0 Å². The van der Waals surface area contributed by atoms with Gasteiger partial charge >= 0.3 is 0 Å². The van der Waals surface area contributed by atoms with Crippen molar-refractivity contribution < 1.29 is 0 Å². The van der Waals surface area contributed by atoms with Gasteiger partial charge in [-0.15, -0.1) is 11.3 Å². The summed E-state index contributed by atoms with van der Waals surface area (Å²) < 4.78 is 0. The van der Waals surface area contributed by atoms with Crippen molar-refractivity contribution in [2.75, 3.05) is 0 Å². The van der Waals surface area contributed by atoms with Crippen LogP contribution in [-0.4, -0.2) is 0 Å². The van der Waals surface area contributed by atoms with Gasteiger partial charge in [0, 0.05) is 20.5 Å². The van der Waals surface area contributed by atoms with Crippen molar-refractivity contribution in [3.05, 3.63) is 133 Å². The first-order valence-corrected chi connectivity index (χ1v) is 12.0. The van der Waals surface area contributed by atoms with Crippen LogP contribution in [0.3, 0.4) is 0 Å². The first-order chi connectivity index (χ1) is 16.4. The second kappa shape index (κ2) is 8.54. The predicted molar refractivity (Wildman–Crippen MR) is 144 cm³/mol. The number of fused-ring (bicyclic) bond motifs is 1. The minimum atomic E-state index is 1.25. The standard InChI is InChI=1S/C32H22S/c1-5-13-23(14-6-1)27-21-22-28(24-15-7-2-8-16-24)30-29(27)31(25-17-9-3-10-18-25)33-32(30)26-19-11-4-12-20-26/h1-22H. The van der Waals surface area contributed by atoms with Gasteiger partial charge in [-0.1, -0.05) is 133 Å². The van der Waals surface area contributed by atoms with Crippen LogP contribution >= 0.6 is 11.3 Å². The Bertz CT molecular complexity index is 1400. The van der Waals surface area contributed by atoms with Gasteiger partial charge in [0.25, 0.3) is 0 Å². The first-order valence-electron chi connectivity index (χ1n) is 11.2. The van der Waals surface area contributed by atoms with Crippen molar-refractivity contribution in [3.8, 4) is 43.1 Å². The fourth-order valence-corrected chi connectivity index (χ4v) is 5.92. The smallest absolute Gasteiger partial charge is 0.0434 e. The summed E-state index contributed by atoms with van der Waals surface area (Å²) in [7, 11) is 0. The Morgan fingerprint density at radius 1 is 0.303 bits per heavy atom. The fourth-order valence-electron chi connectivity index (χ4n) is 4.58. The van der Waals surface area contributed by atoms with E-state index in [1.165, 1.54) is 53.9 Å². The Morgan fingerprint density at radius 3 is 0.939 bits per heavy atom. The molecule has 0 unspecified atom stereocenters. The van der Waals surface area contributed by atoms with E-state index in [1.54, 1.807) is 0 Å². The van der Waals surface area contributed by atoms with E-state index in [1.807, 2.05) is 11.3 Å². The van der Waals surface area contributed by atoms with Gasteiger partial charge in [-0.05, 0) is 33.4 Å². The Balaban J connectivity index is 1.79. The molecule has 0 nitrogen and oxygen atoms in total. The zero-order chi connectivity index (χ0) is 22.0. The van der Waals surface area contributed by atoms with E-state index in [0.717, 1.165) is 0 Å². The lowest BCUT2D eigenvalue weighted by Gasteiger charge is -2.12. The number of hydrogen-bond donors (Lipinski definition) is 0. The molecule has 1 aromatic heterocycles. The van der Waals surface area contributed by atoms with Crippen molar-refractivity contribution in [2.24, 2.45) is 0 Å². The van der Waals surface area contributed by atoms with Gasteiger partial charge in [-0.25, -0.2) is 0 Å². The summed E-state index contributed by atoms with van der Waals surface area (Å²) in [6.45, 7) is 0. The molecule has 1 heteroatoms. The van der Waals surface area contributed by atoms with Gasteiger partial charge in [0.1, 0.15) is 0 Å². The molecule has 0 spiro atoms. The average molecular weight is 439 g/mol. The second-order valence-corrected chi connectivity index (χ2v) is 9.16.